The molecular weight excluding hydrogens is 400 g/mol. The molecule has 7 nitrogen and oxygen atoms in total. The number of aromatic nitrogens is 2. The van der Waals surface area contributed by atoms with Gasteiger partial charge in [0.15, 0.2) is 5.82 Å². The Balaban J connectivity index is 1.86. The maximum atomic E-state index is 11.8. The van der Waals surface area contributed by atoms with E-state index < -0.39 is 11.9 Å². The van der Waals surface area contributed by atoms with Gasteiger partial charge >= 0.3 is 5.97 Å². The largest absolute Gasteiger partial charge is 0.465 e. The Morgan fingerprint density at radius 2 is 2.00 bits per heavy atom. The van der Waals surface area contributed by atoms with Crippen LogP contribution in [0, 0.1) is 0 Å². The van der Waals surface area contributed by atoms with Crippen LogP contribution in [0.4, 0.5) is 11.5 Å². The fourth-order valence-electron chi connectivity index (χ4n) is 3.20. The van der Waals surface area contributed by atoms with Gasteiger partial charge in [0.1, 0.15) is 5.56 Å². The Kier molecular flexibility index (Phi) is 5.61. The highest BCUT2D eigenvalue weighted by Crippen LogP contribution is 2.30. The second-order valence-electron chi connectivity index (χ2n) is 6.34. The summed E-state index contributed by atoms with van der Waals surface area (Å²) in [6, 6.07) is 5.39. The highest BCUT2D eigenvalue weighted by molar-refractivity contribution is 9.10. The van der Waals surface area contributed by atoms with Gasteiger partial charge in [-0.05, 0) is 47.0 Å². The van der Waals surface area contributed by atoms with Crippen molar-refractivity contribution < 1.29 is 14.3 Å². The SMILES string of the molecule is COC(=O)c1ccc(Nc2nn(C3CCCCC3)cc2C(N)=O)cc1Br. The van der Waals surface area contributed by atoms with E-state index in [1.807, 2.05) is 4.68 Å². The van der Waals surface area contributed by atoms with Crippen molar-refractivity contribution in [3.63, 3.8) is 0 Å². The first kappa shape index (κ1) is 18.4. The number of carbonyl (C=O) groups is 2. The number of anilines is 2. The molecule has 8 heteroatoms. The molecule has 26 heavy (non-hydrogen) atoms. The van der Waals surface area contributed by atoms with Gasteiger partial charge in [-0.2, -0.15) is 5.10 Å². The number of primary amides is 1. The third-order valence-electron chi connectivity index (χ3n) is 4.58. The van der Waals surface area contributed by atoms with E-state index in [2.05, 4.69) is 26.3 Å². The summed E-state index contributed by atoms with van der Waals surface area (Å²) in [4.78, 5) is 23.5. The van der Waals surface area contributed by atoms with Crippen molar-refractivity contribution in [1.82, 2.24) is 9.78 Å². The fourth-order valence-corrected chi connectivity index (χ4v) is 3.74. The Bertz CT molecular complexity index is 828. The number of benzene rings is 1. The second kappa shape index (κ2) is 7.90. The van der Waals surface area contributed by atoms with Crippen LogP contribution in [0.3, 0.4) is 0 Å². The van der Waals surface area contributed by atoms with E-state index in [-0.39, 0.29) is 0 Å². The van der Waals surface area contributed by atoms with Crippen molar-refractivity contribution in [3.8, 4) is 0 Å². The van der Waals surface area contributed by atoms with Crippen LogP contribution in [-0.4, -0.2) is 28.8 Å². The summed E-state index contributed by atoms with van der Waals surface area (Å²) in [5, 5.41) is 7.68. The van der Waals surface area contributed by atoms with E-state index in [4.69, 9.17) is 10.5 Å². The standard InChI is InChI=1S/C18H21BrN4O3/c1-26-18(25)13-8-7-11(9-15(13)19)21-17-14(16(20)24)10-23(22-17)12-5-3-2-4-6-12/h7-10,12H,2-6H2,1H3,(H2,20,24)(H,21,22). The predicted octanol–water partition coefficient (Wildman–Crippen LogP) is 3.78. The monoisotopic (exact) mass is 420 g/mol. The molecule has 1 heterocycles. The number of ether oxygens (including phenoxy) is 1. The first-order valence-corrected chi connectivity index (χ1v) is 9.32. The van der Waals surface area contributed by atoms with E-state index >= 15 is 0 Å². The van der Waals surface area contributed by atoms with Crippen LogP contribution in [0.1, 0.15) is 58.9 Å². The zero-order valence-corrected chi connectivity index (χ0v) is 16.1. The van der Waals surface area contributed by atoms with Crippen molar-refractivity contribution in [2.24, 2.45) is 5.73 Å². The van der Waals surface area contributed by atoms with Gasteiger partial charge in [-0.25, -0.2) is 4.79 Å². The van der Waals surface area contributed by atoms with Crippen LogP contribution in [0.5, 0.6) is 0 Å². The number of rotatable bonds is 5. The molecule has 1 amide bonds. The van der Waals surface area contributed by atoms with Crippen molar-refractivity contribution >= 4 is 39.3 Å². The zero-order chi connectivity index (χ0) is 18.7. The molecule has 0 unspecified atom stereocenters. The van der Waals surface area contributed by atoms with Crippen molar-refractivity contribution in [2.75, 3.05) is 12.4 Å². The van der Waals surface area contributed by atoms with Crippen molar-refractivity contribution in [1.29, 1.82) is 0 Å². The third-order valence-corrected chi connectivity index (χ3v) is 5.24. The molecule has 1 fully saturated rings. The quantitative estimate of drug-likeness (QED) is 0.716. The third kappa shape index (κ3) is 3.90. The maximum Gasteiger partial charge on any atom is 0.339 e. The van der Waals surface area contributed by atoms with Gasteiger partial charge in [0.25, 0.3) is 5.91 Å². The van der Waals surface area contributed by atoms with E-state index in [1.54, 1.807) is 24.4 Å². The number of amides is 1. The maximum absolute atomic E-state index is 11.8. The first-order chi connectivity index (χ1) is 12.5. The lowest BCUT2D eigenvalue weighted by atomic mass is 9.96. The summed E-state index contributed by atoms with van der Waals surface area (Å²) in [6.07, 6.45) is 7.41. The van der Waals surface area contributed by atoms with Crippen LogP contribution in [0.2, 0.25) is 0 Å². The average molecular weight is 421 g/mol. The second-order valence-corrected chi connectivity index (χ2v) is 7.19. The summed E-state index contributed by atoms with van der Waals surface area (Å²) in [5.41, 5.74) is 6.97. The van der Waals surface area contributed by atoms with Gasteiger partial charge in [0, 0.05) is 16.4 Å². The van der Waals surface area contributed by atoms with Gasteiger partial charge < -0.3 is 15.8 Å². The molecule has 1 saturated carbocycles. The molecule has 3 N–H and O–H groups in total. The fraction of sp³-hybridized carbons (Fsp3) is 0.389. The molecule has 1 aliphatic rings. The molecule has 1 aromatic heterocycles. The molecule has 0 aliphatic heterocycles. The van der Waals surface area contributed by atoms with Crippen LogP contribution in [-0.2, 0) is 4.74 Å². The van der Waals surface area contributed by atoms with Gasteiger partial charge in [0.05, 0.1) is 18.7 Å². The smallest absolute Gasteiger partial charge is 0.339 e. The Morgan fingerprint density at radius 3 is 2.62 bits per heavy atom. The highest BCUT2D eigenvalue weighted by atomic mass is 79.9. The number of nitrogens with two attached hydrogens (primary N) is 1. The summed E-state index contributed by atoms with van der Waals surface area (Å²) in [5.74, 6) is -0.538. The summed E-state index contributed by atoms with van der Waals surface area (Å²) < 4.78 is 7.16. The van der Waals surface area contributed by atoms with Crippen LogP contribution in [0.25, 0.3) is 0 Å². The topological polar surface area (TPSA) is 99.2 Å². The number of hydrogen-bond donors (Lipinski definition) is 2. The molecule has 0 atom stereocenters. The van der Waals surface area contributed by atoms with Crippen LogP contribution in [0.15, 0.2) is 28.9 Å². The minimum Gasteiger partial charge on any atom is -0.465 e. The molecule has 0 saturated heterocycles. The minimum absolute atomic E-state index is 0.297. The lowest BCUT2D eigenvalue weighted by Gasteiger charge is -2.21. The Labute approximate surface area is 160 Å². The number of hydrogen-bond acceptors (Lipinski definition) is 5. The molecule has 3 rings (SSSR count). The minimum atomic E-state index is -0.528. The Morgan fingerprint density at radius 1 is 1.27 bits per heavy atom. The number of nitrogens with zero attached hydrogens (tertiary/aromatic N) is 2. The first-order valence-electron chi connectivity index (χ1n) is 8.53. The van der Waals surface area contributed by atoms with Gasteiger partial charge in [-0.15, -0.1) is 0 Å². The molecule has 1 aromatic carbocycles. The summed E-state index contributed by atoms with van der Waals surface area (Å²) in [7, 11) is 1.33. The van der Waals surface area contributed by atoms with Gasteiger partial charge in [-0.3, -0.25) is 9.48 Å². The molecule has 0 radical (unpaired) electrons. The van der Waals surface area contributed by atoms with E-state index in [0.717, 1.165) is 12.8 Å². The molecule has 1 aliphatic carbocycles. The summed E-state index contributed by atoms with van der Waals surface area (Å²) in [6.45, 7) is 0. The van der Waals surface area contributed by atoms with Crippen molar-refractivity contribution in [2.45, 2.75) is 38.1 Å². The lowest BCUT2D eigenvalue weighted by Crippen LogP contribution is -2.14. The normalized spacial score (nSPS) is 14.8. The molecule has 138 valence electrons. The number of methoxy groups -OCH3 is 1. The molecule has 0 spiro atoms. The van der Waals surface area contributed by atoms with E-state index in [1.165, 1.54) is 26.4 Å². The van der Waals surface area contributed by atoms with Gasteiger partial charge in [-0.1, -0.05) is 19.3 Å². The van der Waals surface area contributed by atoms with E-state index in [0.29, 0.717) is 33.1 Å². The molecule has 2 aromatic rings. The van der Waals surface area contributed by atoms with Crippen LogP contribution < -0.4 is 11.1 Å². The predicted molar refractivity (Wildman–Crippen MR) is 102 cm³/mol. The lowest BCUT2D eigenvalue weighted by molar-refractivity contribution is 0.0599. The molecule has 0 bridgehead atoms. The van der Waals surface area contributed by atoms with Crippen LogP contribution >= 0.6 is 15.9 Å². The number of nitrogens with one attached hydrogen (secondary N) is 1. The van der Waals surface area contributed by atoms with Gasteiger partial charge in [0.2, 0.25) is 0 Å². The van der Waals surface area contributed by atoms with E-state index in [9.17, 15) is 9.59 Å². The highest BCUT2D eigenvalue weighted by Gasteiger charge is 2.21. The summed E-state index contributed by atoms with van der Waals surface area (Å²) >= 11 is 3.36. The average Bonchev–Trinajstić information content (AvgIpc) is 3.06. The zero-order valence-electron chi connectivity index (χ0n) is 14.5. The number of esters is 1. The van der Waals surface area contributed by atoms with Crippen molar-refractivity contribution in [3.05, 3.63) is 40.0 Å². The Hall–Kier alpha value is -2.35. The molecular formula is C18H21BrN4O3. The number of carbonyl (C=O) groups excluding carboxylic acids is 2. The number of halogens is 1.